The number of carbonyl (C=O) groups is 1. The molecule has 2 aromatic carbocycles. The number of carbonyl (C=O) groups excluding carboxylic acids is 1. The van der Waals surface area contributed by atoms with E-state index >= 15 is 0 Å². The second-order valence-electron chi connectivity index (χ2n) is 5.21. The summed E-state index contributed by atoms with van der Waals surface area (Å²) in [6.07, 6.45) is 0.966. The Morgan fingerprint density at radius 3 is 2.22 bits per heavy atom. The lowest BCUT2D eigenvalue weighted by Crippen LogP contribution is -2.15. The third kappa shape index (κ3) is 4.03. The van der Waals surface area contributed by atoms with Crippen molar-refractivity contribution < 1.29 is 18.0 Å². The quantitative estimate of drug-likeness (QED) is 0.792. The zero-order valence-corrected chi connectivity index (χ0v) is 12.8. The molecule has 23 heavy (non-hydrogen) atoms. The van der Waals surface area contributed by atoms with Crippen LogP contribution in [0.4, 0.5) is 24.5 Å². The molecule has 2 N–H and O–H groups in total. The number of amides is 1. The second kappa shape index (κ2) is 7.17. The molecule has 0 aromatic heterocycles. The van der Waals surface area contributed by atoms with Gasteiger partial charge in [-0.15, -0.1) is 0 Å². The van der Waals surface area contributed by atoms with Crippen molar-refractivity contribution in [2.24, 2.45) is 0 Å². The Labute approximate surface area is 132 Å². The molecule has 0 fully saturated rings. The van der Waals surface area contributed by atoms with E-state index in [4.69, 9.17) is 0 Å². The van der Waals surface area contributed by atoms with Gasteiger partial charge in [-0.2, -0.15) is 0 Å². The summed E-state index contributed by atoms with van der Waals surface area (Å²) in [5.41, 5.74) is 0.760. The van der Waals surface area contributed by atoms with E-state index in [2.05, 4.69) is 17.6 Å². The fourth-order valence-electron chi connectivity index (χ4n) is 1.94. The molecule has 0 aliphatic heterocycles. The summed E-state index contributed by atoms with van der Waals surface area (Å²) in [4.78, 5) is 12.0. The largest absolute Gasteiger partial charge is 0.383 e. The van der Waals surface area contributed by atoms with Crippen molar-refractivity contribution in [3.8, 4) is 0 Å². The maximum absolute atomic E-state index is 13.6. The molecule has 0 aliphatic carbocycles. The summed E-state index contributed by atoms with van der Waals surface area (Å²) < 4.78 is 39.6. The van der Waals surface area contributed by atoms with Crippen molar-refractivity contribution in [3.05, 3.63) is 59.4 Å². The first-order chi connectivity index (χ1) is 10.9. The summed E-state index contributed by atoms with van der Waals surface area (Å²) in [7, 11) is 0. The highest BCUT2D eigenvalue weighted by Crippen LogP contribution is 2.19. The lowest BCUT2D eigenvalue weighted by molar-refractivity contribution is 0.102. The van der Waals surface area contributed by atoms with Gasteiger partial charge in [-0.3, -0.25) is 4.79 Å². The van der Waals surface area contributed by atoms with Gasteiger partial charge in [0.05, 0.1) is 5.56 Å². The van der Waals surface area contributed by atoms with Crippen LogP contribution in [0.15, 0.2) is 36.4 Å². The molecule has 0 bridgehead atoms. The molecule has 3 nitrogen and oxygen atoms in total. The number of nitrogens with one attached hydrogen (secondary N) is 2. The van der Waals surface area contributed by atoms with Gasteiger partial charge in [0.25, 0.3) is 5.91 Å². The predicted octanol–water partition coefficient (Wildman–Crippen LogP) is 4.57. The third-order valence-electron chi connectivity index (χ3n) is 3.45. The summed E-state index contributed by atoms with van der Waals surface area (Å²) >= 11 is 0. The van der Waals surface area contributed by atoms with E-state index in [1.807, 2.05) is 6.92 Å². The number of hydrogen-bond acceptors (Lipinski definition) is 2. The van der Waals surface area contributed by atoms with E-state index in [9.17, 15) is 18.0 Å². The van der Waals surface area contributed by atoms with E-state index in [0.29, 0.717) is 17.8 Å². The zero-order valence-electron chi connectivity index (χ0n) is 12.8. The zero-order chi connectivity index (χ0) is 17.0. The molecule has 0 aliphatic rings. The van der Waals surface area contributed by atoms with Crippen LogP contribution in [-0.4, -0.2) is 11.9 Å². The molecule has 0 radical (unpaired) electrons. The topological polar surface area (TPSA) is 41.1 Å². The van der Waals surface area contributed by atoms with Gasteiger partial charge in [0.15, 0.2) is 17.5 Å². The Hall–Kier alpha value is -2.50. The van der Waals surface area contributed by atoms with E-state index in [-0.39, 0.29) is 0 Å². The Morgan fingerprint density at radius 1 is 1.00 bits per heavy atom. The Balaban J connectivity index is 2.10. The minimum absolute atomic E-state index is 0.312. The molecule has 6 heteroatoms. The van der Waals surface area contributed by atoms with Crippen LogP contribution in [0, 0.1) is 17.5 Å². The fraction of sp³-hybridized carbons (Fsp3) is 0.235. The van der Waals surface area contributed by atoms with E-state index in [1.165, 1.54) is 0 Å². The lowest BCUT2D eigenvalue weighted by atomic mass is 10.1. The first-order valence-electron chi connectivity index (χ1n) is 7.23. The van der Waals surface area contributed by atoms with Crippen molar-refractivity contribution >= 4 is 17.3 Å². The highest BCUT2D eigenvalue weighted by atomic mass is 19.2. The average molecular weight is 322 g/mol. The van der Waals surface area contributed by atoms with Gasteiger partial charge in [-0.1, -0.05) is 6.92 Å². The average Bonchev–Trinajstić information content (AvgIpc) is 2.54. The molecule has 1 amide bonds. The molecule has 0 saturated heterocycles. The summed E-state index contributed by atoms with van der Waals surface area (Å²) in [5.74, 6) is -5.34. The SMILES string of the molecule is CCC(C)Nc1ccc(NC(=O)c2ccc(F)c(F)c2F)cc1. The van der Waals surface area contributed by atoms with Gasteiger partial charge in [0, 0.05) is 17.4 Å². The molecule has 0 heterocycles. The molecular formula is C17H17F3N2O. The van der Waals surface area contributed by atoms with Crippen LogP contribution >= 0.6 is 0 Å². The molecule has 1 atom stereocenters. The van der Waals surface area contributed by atoms with E-state index < -0.39 is 28.9 Å². The second-order valence-corrected chi connectivity index (χ2v) is 5.21. The first kappa shape index (κ1) is 16.9. The van der Waals surface area contributed by atoms with E-state index in [1.54, 1.807) is 24.3 Å². The molecule has 122 valence electrons. The van der Waals surface area contributed by atoms with Gasteiger partial charge in [-0.25, -0.2) is 13.2 Å². The van der Waals surface area contributed by atoms with Gasteiger partial charge >= 0.3 is 0 Å². The first-order valence-corrected chi connectivity index (χ1v) is 7.23. The third-order valence-corrected chi connectivity index (χ3v) is 3.45. The number of hydrogen-bond donors (Lipinski definition) is 2. The molecule has 1 unspecified atom stereocenters. The highest BCUT2D eigenvalue weighted by Gasteiger charge is 2.18. The normalized spacial score (nSPS) is 11.9. The Morgan fingerprint density at radius 2 is 1.61 bits per heavy atom. The summed E-state index contributed by atoms with van der Waals surface area (Å²) in [6, 6.07) is 8.74. The van der Waals surface area contributed by atoms with Crippen molar-refractivity contribution in [2.75, 3.05) is 10.6 Å². The number of anilines is 2. The monoisotopic (exact) mass is 322 g/mol. The van der Waals surface area contributed by atoms with Crippen molar-refractivity contribution in [1.82, 2.24) is 0 Å². The standard InChI is InChI=1S/C17H17F3N2O/c1-3-10(2)21-11-4-6-12(7-5-11)22-17(23)13-8-9-14(18)16(20)15(13)19/h4-10,21H,3H2,1-2H3,(H,22,23). The van der Waals surface area contributed by atoms with Crippen LogP contribution < -0.4 is 10.6 Å². The van der Waals surface area contributed by atoms with Crippen LogP contribution in [0.1, 0.15) is 30.6 Å². The Bertz CT molecular complexity index is 702. The number of halogens is 3. The van der Waals surface area contributed by atoms with Gasteiger partial charge in [0.2, 0.25) is 0 Å². The number of benzene rings is 2. The minimum atomic E-state index is -1.66. The van der Waals surface area contributed by atoms with Crippen LogP contribution in [-0.2, 0) is 0 Å². The van der Waals surface area contributed by atoms with Gasteiger partial charge in [0.1, 0.15) is 0 Å². The lowest BCUT2D eigenvalue weighted by Gasteiger charge is -2.13. The van der Waals surface area contributed by atoms with Crippen molar-refractivity contribution in [1.29, 1.82) is 0 Å². The molecule has 2 rings (SSSR count). The van der Waals surface area contributed by atoms with Gasteiger partial charge < -0.3 is 10.6 Å². The van der Waals surface area contributed by atoms with E-state index in [0.717, 1.165) is 18.2 Å². The van der Waals surface area contributed by atoms with Crippen LogP contribution in [0.2, 0.25) is 0 Å². The smallest absolute Gasteiger partial charge is 0.258 e. The summed E-state index contributed by atoms with van der Waals surface area (Å²) in [6.45, 7) is 4.10. The number of rotatable bonds is 5. The maximum Gasteiger partial charge on any atom is 0.258 e. The molecular weight excluding hydrogens is 305 g/mol. The summed E-state index contributed by atoms with van der Waals surface area (Å²) in [5, 5.41) is 5.71. The van der Waals surface area contributed by atoms with Crippen molar-refractivity contribution in [3.63, 3.8) is 0 Å². The van der Waals surface area contributed by atoms with Crippen LogP contribution in [0.3, 0.4) is 0 Å². The van der Waals surface area contributed by atoms with Crippen LogP contribution in [0.25, 0.3) is 0 Å². The Kier molecular flexibility index (Phi) is 5.26. The highest BCUT2D eigenvalue weighted by molar-refractivity contribution is 6.04. The predicted molar refractivity (Wildman–Crippen MR) is 84.1 cm³/mol. The van der Waals surface area contributed by atoms with Gasteiger partial charge in [-0.05, 0) is 49.7 Å². The molecule has 0 saturated carbocycles. The molecule has 0 spiro atoms. The minimum Gasteiger partial charge on any atom is -0.383 e. The van der Waals surface area contributed by atoms with Crippen LogP contribution in [0.5, 0.6) is 0 Å². The molecule has 2 aromatic rings. The maximum atomic E-state index is 13.6. The fourth-order valence-corrected chi connectivity index (χ4v) is 1.94. The van der Waals surface area contributed by atoms with Crippen molar-refractivity contribution in [2.45, 2.75) is 26.3 Å².